The predicted molar refractivity (Wildman–Crippen MR) is 66.0 cm³/mol. The van der Waals surface area contributed by atoms with Gasteiger partial charge in [-0.15, -0.1) is 0 Å². The van der Waals surface area contributed by atoms with E-state index in [-0.39, 0.29) is 0 Å². The lowest BCUT2D eigenvalue weighted by Crippen LogP contribution is -2.15. The first-order chi connectivity index (χ1) is 6.29. The summed E-state index contributed by atoms with van der Waals surface area (Å²) in [7, 11) is 0. The second kappa shape index (κ2) is 9.13. The zero-order chi connectivity index (χ0) is 13.3. The van der Waals surface area contributed by atoms with Crippen molar-refractivity contribution in [1.82, 2.24) is 0 Å². The van der Waals surface area contributed by atoms with Crippen LogP contribution < -0.4 is 0 Å². The van der Waals surface area contributed by atoms with E-state index in [1.807, 2.05) is 0 Å². The van der Waals surface area contributed by atoms with Crippen LogP contribution in [0.2, 0.25) is 0 Å². The molecule has 0 rings (SSSR count). The molecular formula is C12H30O3. The van der Waals surface area contributed by atoms with Crippen LogP contribution in [0.4, 0.5) is 0 Å². The van der Waals surface area contributed by atoms with Crippen molar-refractivity contribution in [1.29, 1.82) is 0 Å². The Bertz CT molecular complexity index is 109. The highest BCUT2D eigenvalue weighted by Crippen LogP contribution is 2.01. The summed E-state index contributed by atoms with van der Waals surface area (Å²) in [5, 5.41) is 16.4. The molecule has 0 spiro atoms. The minimum atomic E-state index is -0.500. The third-order valence-electron chi connectivity index (χ3n) is 0.274. The van der Waals surface area contributed by atoms with Gasteiger partial charge in [0.1, 0.15) is 0 Å². The Kier molecular flexibility index (Phi) is 12.4. The molecule has 0 aromatic rings. The van der Waals surface area contributed by atoms with Crippen molar-refractivity contribution in [3.05, 3.63) is 0 Å². The fraction of sp³-hybridized carbons (Fsp3) is 1.00. The first kappa shape index (κ1) is 20.3. The summed E-state index contributed by atoms with van der Waals surface area (Å²) in [4.78, 5) is 3.94. The van der Waals surface area contributed by atoms with E-state index in [2.05, 4.69) is 25.7 Å². The number of hydrogen-bond donors (Lipinski definition) is 2. The third kappa shape index (κ3) is 236. The van der Waals surface area contributed by atoms with E-state index < -0.39 is 11.2 Å². The van der Waals surface area contributed by atoms with Crippen molar-refractivity contribution in [3.63, 3.8) is 0 Å². The van der Waals surface area contributed by atoms with Crippen LogP contribution in [0.5, 0.6) is 0 Å². The van der Waals surface area contributed by atoms with Crippen LogP contribution in [-0.2, 0) is 4.89 Å². The predicted octanol–water partition coefficient (Wildman–Crippen LogP) is 3.71. The van der Waals surface area contributed by atoms with Gasteiger partial charge in [0.15, 0.2) is 0 Å². The Labute approximate surface area is 95.4 Å². The minimum absolute atomic E-state index is 0.403. The monoisotopic (exact) mass is 222 g/mol. The van der Waals surface area contributed by atoms with Crippen LogP contribution in [0.1, 0.15) is 62.3 Å². The van der Waals surface area contributed by atoms with Gasteiger partial charge in [-0.25, -0.2) is 4.89 Å². The highest BCUT2D eigenvalue weighted by Gasteiger charge is 2.07. The second-order valence-corrected chi connectivity index (χ2v) is 6.11. The summed E-state index contributed by atoms with van der Waals surface area (Å²) in [6.07, 6.45) is 0. The number of aliphatic hydroxyl groups is 1. The maximum atomic E-state index is 8.52. The lowest BCUT2D eigenvalue weighted by atomic mass is 10.2. The van der Waals surface area contributed by atoms with E-state index in [9.17, 15) is 0 Å². The van der Waals surface area contributed by atoms with E-state index in [1.165, 1.54) is 0 Å². The first-order valence-electron chi connectivity index (χ1n) is 5.34. The molecule has 0 saturated heterocycles. The normalized spacial score (nSPS) is 11.2. The minimum Gasteiger partial charge on any atom is -0.391 e. The smallest absolute Gasteiger partial charge is 0.0949 e. The fourth-order valence-corrected chi connectivity index (χ4v) is 0. The fourth-order valence-electron chi connectivity index (χ4n) is 0. The second-order valence-electron chi connectivity index (χ2n) is 6.11. The maximum Gasteiger partial charge on any atom is 0.0949 e. The topological polar surface area (TPSA) is 49.7 Å². The van der Waals surface area contributed by atoms with Crippen molar-refractivity contribution in [2.24, 2.45) is 5.92 Å². The van der Waals surface area contributed by atoms with Crippen LogP contribution in [0, 0.1) is 5.92 Å². The van der Waals surface area contributed by atoms with E-state index in [4.69, 9.17) is 10.4 Å². The molecule has 0 radical (unpaired) electrons. The number of hydrogen-bond acceptors (Lipinski definition) is 3. The van der Waals surface area contributed by atoms with E-state index in [0.29, 0.717) is 0 Å². The largest absolute Gasteiger partial charge is 0.391 e. The lowest BCUT2D eigenvalue weighted by molar-refractivity contribution is -0.306. The molecule has 15 heavy (non-hydrogen) atoms. The summed E-state index contributed by atoms with van der Waals surface area (Å²) >= 11 is 0. The molecule has 0 aliphatic carbocycles. The van der Waals surface area contributed by atoms with Crippen LogP contribution >= 0.6 is 0 Å². The molecule has 0 unspecified atom stereocenters. The van der Waals surface area contributed by atoms with E-state index in [1.54, 1.807) is 41.5 Å². The quantitative estimate of drug-likeness (QED) is 0.485. The molecule has 0 heterocycles. The Morgan fingerprint density at radius 3 is 0.933 bits per heavy atom. The summed E-state index contributed by atoms with van der Waals surface area (Å²) in [6.45, 7) is 17.0. The standard InChI is InChI=1S/C4H10O2.C4H10O.C4H10/c1-4(2,3)6-5;1-4(2,3)5;1-4(2)3/h5H,1-3H3;5H,1-3H3;4H,1-3H3. The number of rotatable bonds is 0. The van der Waals surface area contributed by atoms with Gasteiger partial charge >= 0.3 is 0 Å². The Morgan fingerprint density at radius 1 is 0.867 bits per heavy atom. The average molecular weight is 222 g/mol. The first-order valence-corrected chi connectivity index (χ1v) is 5.34. The van der Waals surface area contributed by atoms with Crippen LogP contribution in [0.25, 0.3) is 0 Å². The van der Waals surface area contributed by atoms with Gasteiger partial charge in [0, 0.05) is 0 Å². The van der Waals surface area contributed by atoms with Gasteiger partial charge in [0.05, 0.1) is 11.2 Å². The molecule has 0 aliphatic rings. The SMILES string of the molecule is CC(C)(C)O.CC(C)(C)OO.CC(C)C. The van der Waals surface area contributed by atoms with Gasteiger partial charge in [-0.2, -0.15) is 0 Å². The molecule has 0 aromatic carbocycles. The van der Waals surface area contributed by atoms with Crippen LogP contribution in [0.3, 0.4) is 0 Å². The highest BCUT2D eigenvalue weighted by atomic mass is 17.1. The zero-order valence-corrected chi connectivity index (χ0v) is 11.9. The molecule has 0 aromatic heterocycles. The van der Waals surface area contributed by atoms with E-state index >= 15 is 0 Å². The molecule has 0 aliphatic heterocycles. The molecule has 0 bridgehead atoms. The lowest BCUT2D eigenvalue weighted by Gasteiger charge is -2.10. The molecule has 3 nitrogen and oxygen atoms in total. The highest BCUT2D eigenvalue weighted by molar-refractivity contribution is 4.53. The summed E-state index contributed by atoms with van der Waals surface area (Å²) in [5.74, 6) is 0.833. The van der Waals surface area contributed by atoms with Crippen molar-refractivity contribution < 1.29 is 15.3 Å². The van der Waals surface area contributed by atoms with Gasteiger partial charge in [-0.05, 0) is 47.5 Å². The summed E-state index contributed by atoms with van der Waals surface area (Å²) in [6, 6.07) is 0. The summed E-state index contributed by atoms with van der Waals surface area (Å²) in [5.41, 5.74) is -0.903. The van der Waals surface area contributed by atoms with Crippen molar-refractivity contribution in [2.75, 3.05) is 0 Å². The van der Waals surface area contributed by atoms with Gasteiger partial charge in [0.25, 0.3) is 0 Å². The van der Waals surface area contributed by atoms with Crippen molar-refractivity contribution >= 4 is 0 Å². The van der Waals surface area contributed by atoms with Crippen molar-refractivity contribution in [2.45, 2.75) is 73.5 Å². The van der Waals surface area contributed by atoms with Gasteiger partial charge in [-0.3, -0.25) is 5.26 Å². The molecule has 0 fully saturated rings. The average Bonchev–Trinajstić information content (AvgIpc) is 1.80. The molecule has 96 valence electrons. The van der Waals surface area contributed by atoms with Gasteiger partial charge < -0.3 is 5.11 Å². The van der Waals surface area contributed by atoms with Crippen molar-refractivity contribution in [3.8, 4) is 0 Å². The Morgan fingerprint density at radius 2 is 0.933 bits per heavy atom. The molecule has 3 heteroatoms. The summed E-state index contributed by atoms with van der Waals surface area (Å²) < 4.78 is 0. The third-order valence-corrected chi connectivity index (χ3v) is 0.274. The zero-order valence-electron chi connectivity index (χ0n) is 11.9. The molecule has 2 N–H and O–H groups in total. The Hall–Kier alpha value is -0.120. The molecular weight excluding hydrogens is 192 g/mol. The van der Waals surface area contributed by atoms with Gasteiger partial charge in [-0.1, -0.05) is 20.8 Å². The molecule has 0 amide bonds. The Balaban J connectivity index is -0.000000147. The van der Waals surface area contributed by atoms with E-state index in [0.717, 1.165) is 5.92 Å². The van der Waals surface area contributed by atoms with Crippen LogP contribution in [-0.4, -0.2) is 21.6 Å². The maximum absolute atomic E-state index is 8.52. The van der Waals surface area contributed by atoms with Gasteiger partial charge in [0.2, 0.25) is 0 Å². The van der Waals surface area contributed by atoms with Crippen LogP contribution in [0.15, 0.2) is 0 Å². The molecule has 0 saturated carbocycles. The molecule has 0 atom stereocenters.